The number of allylic oxidation sites excluding steroid dienone is 2. The van der Waals surface area contributed by atoms with Gasteiger partial charge < -0.3 is 4.90 Å². The Bertz CT molecular complexity index is 550. The molecule has 0 aliphatic carbocycles. The van der Waals surface area contributed by atoms with Gasteiger partial charge in [-0.1, -0.05) is 30.3 Å². The Labute approximate surface area is 107 Å². The number of carbonyl (C=O) groups excluding carboxylic acids is 1. The molecule has 3 heteroatoms. The van der Waals surface area contributed by atoms with Crippen molar-refractivity contribution in [1.82, 2.24) is 4.90 Å². The molecule has 0 unspecified atom stereocenters. The van der Waals surface area contributed by atoms with Crippen LogP contribution < -0.4 is 0 Å². The molecule has 0 N–H and O–H groups in total. The number of rotatable bonds is 3. The van der Waals surface area contributed by atoms with E-state index in [-0.39, 0.29) is 5.78 Å². The first kappa shape index (κ1) is 12.1. The van der Waals surface area contributed by atoms with E-state index in [1.165, 1.54) is 12.5 Å². The van der Waals surface area contributed by atoms with E-state index in [9.17, 15) is 4.79 Å². The summed E-state index contributed by atoms with van der Waals surface area (Å²) in [6, 6.07) is 12.1. The Morgan fingerprint density at radius 2 is 2.11 bits per heavy atom. The zero-order valence-corrected chi connectivity index (χ0v) is 10.3. The van der Waals surface area contributed by atoms with Gasteiger partial charge in [0, 0.05) is 19.3 Å². The number of Topliss-reactive ketones (excluding diaryl/α,β-unsaturated/α-hetero) is 1. The highest BCUT2D eigenvalue weighted by atomic mass is 16.1. The largest absolute Gasteiger partial charge is 0.369 e. The molecule has 0 spiro atoms. The quantitative estimate of drug-likeness (QED) is 0.812. The van der Waals surface area contributed by atoms with E-state index in [0.717, 1.165) is 6.54 Å². The van der Waals surface area contributed by atoms with Crippen molar-refractivity contribution >= 4 is 5.78 Å². The van der Waals surface area contributed by atoms with Crippen LogP contribution in [0.5, 0.6) is 0 Å². The molecule has 0 bridgehead atoms. The molecule has 0 atom stereocenters. The number of benzene rings is 1. The van der Waals surface area contributed by atoms with Crippen LogP contribution in [0.4, 0.5) is 0 Å². The van der Waals surface area contributed by atoms with Crippen LogP contribution >= 0.6 is 0 Å². The van der Waals surface area contributed by atoms with Gasteiger partial charge in [-0.3, -0.25) is 4.79 Å². The van der Waals surface area contributed by atoms with Crippen molar-refractivity contribution in [2.24, 2.45) is 0 Å². The minimum absolute atomic E-state index is 0.0689. The summed E-state index contributed by atoms with van der Waals surface area (Å²) in [7, 11) is 0. The fourth-order valence-corrected chi connectivity index (χ4v) is 1.94. The van der Waals surface area contributed by atoms with Gasteiger partial charge in [-0.25, -0.2) is 0 Å². The lowest BCUT2D eigenvalue weighted by Crippen LogP contribution is -2.23. The Hall–Kier alpha value is -2.34. The minimum atomic E-state index is -0.0689. The van der Waals surface area contributed by atoms with Crippen molar-refractivity contribution in [2.45, 2.75) is 13.5 Å². The summed E-state index contributed by atoms with van der Waals surface area (Å²) in [4.78, 5) is 13.5. The van der Waals surface area contributed by atoms with E-state index < -0.39 is 0 Å². The molecule has 1 aromatic rings. The SMILES string of the molecule is CC(=O)C1=CN(Cc2ccccc2)CC=C1C#N. The third kappa shape index (κ3) is 2.67. The topological polar surface area (TPSA) is 44.1 Å². The maximum atomic E-state index is 11.5. The van der Waals surface area contributed by atoms with Crippen LogP contribution in [0.15, 0.2) is 53.8 Å². The van der Waals surface area contributed by atoms with E-state index in [1.807, 2.05) is 35.2 Å². The van der Waals surface area contributed by atoms with Crippen LogP contribution in [0.2, 0.25) is 0 Å². The first-order chi connectivity index (χ1) is 8.70. The fraction of sp³-hybridized carbons (Fsp3) is 0.200. The molecular weight excluding hydrogens is 224 g/mol. The summed E-state index contributed by atoms with van der Waals surface area (Å²) in [5.41, 5.74) is 2.16. The van der Waals surface area contributed by atoms with Crippen molar-refractivity contribution in [1.29, 1.82) is 5.26 Å². The summed E-state index contributed by atoms with van der Waals surface area (Å²) in [5, 5.41) is 8.96. The third-order valence-corrected chi connectivity index (χ3v) is 2.86. The molecule has 0 saturated carbocycles. The molecule has 18 heavy (non-hydrogen) atoms. The maximum Gasteiger partial charge on any atom is 0.162 e. The van der Waals surface area contributed by atoms with Gasteiger partial charge in [0.05, 0.1) is 17.2 Å². The van der Waals surface area contributed by atoms with Crippen LogP contribution in [-0.2, 0) is 11.3 Å². The molecule has 0 amide bonds. The highest BCUT2D eigenvalue weighted by molar-refractivity contribution is 5.99. The van der Waals surface area contributed by atoms with Crippen molar-refractivity contribution in [3.05, 3.63) is 59.3 Å². The Balaban J connectivity index is 2.17. The number of nitrogens with zero attached hydrogens (tertiary/aromatic N) is 2. The minimum Gasteiger partial charge on any atom is -0.369 e. The van der Waals surface area contributed by atoms with Crippen LogP contribution in [0.3, 0.4) is 0 Å². The van der Waals surface area contributed by atoms with E-state index in [1.54, 1.807) is 12.3 Å². The molecular formula is C15H14N2O. The molecule has 0 radical (unpaired) electrons. The van der Waals surface area contributed by atoms with Gasteiger partial charge in [-0.05, 0) is 18.6 Å². The average molecular weight is 238 g/mol. The smallest absolute Gasteiger partial charge is 0.162 e. The number of hydrogen-bond donors (Lipinski definition) is 0. The van der Waals surface area contributed by atoms with Gasteiger partial charge in [0.1, 0.15) is 0 Å². The van der Waals surface area contributed by atoms with Gasteiger partial charge in [0.25, 0.3) is 0 Å². The molecule has 0 fully saturated rings. The molecule has 1 aliphatic rings. The maximum absolute atomic E-state index is 11.5. The molecule has 90 valence electrons. The molecule has 2 rings (SSSR count). The van der Waals surface area contributed by atoms with Crippen LogP contribution in [0.1, 0.15) is 12.5 Å². The number of ketones is 1. The zero-order chi connectivity index (χ0) is 13.0. The Morgan fingerprint density at radius 1 is 1.39 bits per heavy atom. The first-order valence-corrected chi connectivity index (χ1v) is 5.82. The standard InChI is InChI=1S/C15H14N2O/c1-12(18)15-11-17(8-7-14(15)9-16)10-13-5-3-2-4-6-13/h2-7,11H,8,10H2,1H3. The lowest BCUT2D eigenvalue weighted by molar-refractivity contribution is -0.113. The number of hydrogen-bond acceptors (Lipinski definition) is 3. The van der Waals surface area contributed by atoms with Crippen LogP contribution in [-0.4, -0.2) is 17.2 Å². The number of nitriles is 1. The third-order valence-electron chi connectivity index (χ3n) is 2.86. The van der Waals surface area contributed by atoms with Crippen molar-refractivity contribution < 1.29 is 4.79 Å². The van der Waals surface area contributed by atoms with E-state index in [2.05, 4.69) is 6.07 Å². The Morgan fingerprint density at radius 3 is 2.72 bits per heavy atom. The van der Waals surface area contributed by atoms with E-state index in [0.29, 0.717) is 17.7 Å². The predicted molar refractivity (Wildman–Crippen MR) is 69.3 cm³/mol. The van der Waals surface area contributed by atoms with Crippen molar-refractivity contribution in [3.63, 3.8) is 0 Å². The zero-order valence-electron chi connectivity index (χ0n) is 10.3. The fourth-order valence-electron chi connectivity index (χ4n) is 1.94. The summed E-state index contributed by atoms with van der Waals surface area (Å²) in [5.74, 6) is -0.0689. The van der Waals surface area contributed by atoms with E-state index >= 15 is 0 Å². The lowest BCUT2D eigenvalue weighted by atomic mass is 10.0. The van der Waals surface area contributed by atoms with Crippen LogP contribution in [0, 0.1) is 11.3 Å². The van der Waals surface area contributed by atoms with Crippen molar-refractivity contribution in [2.75, 3.05) is 6.54 Å². The molecule has 0 aromatic heterocycles. The van der Waals surface area contributed by atoms with E-state index in [4.69, 9.17) is 5.26 Å². The second-order valence-corrected chi connectivity index (χ2v) is 4.24. The van der Waals surface area contributed by atoms with Gasteiger partial charge in [0.2, 0.25) is 0 Å². The summed E-state index contributed by atoms with van der Waals surface area (Å²) in [6.07, 6.45) is 3.59. The number of carbonyl (C=O) groups is 1. The van der Waals surface area contributed by atoms with Crippen LogP contribution in [0.25, 0.3) is 0 Å². The summed E-state index contributed by atoms with van der Waals surface area (Å²) >= 11 is 0. The second kappa shape index (κ2) is 5.33. The summed E-state index contributed by atoms with van der Waals surface area (Å²) < 4.78 is 0. The molecule has 3 nitrogen and oxygen atoms in total. The lowest BCUT2D eigenvalue weighted by Gasteiger charge is -2.23. The molecule has 1 aliphatic heterocycles. The molecule has 1 heterocycles. The monoisotopic (exact) mass is 238 g/mol. The normalized spacial score (nSPS) is 14.6. The average Bonchev–Trinajstić information content (AvgIpc) is 2.40. The summed E-state index contributed by atoms with van der Waals surface area (Å²) in [6.45, 7) is 2.89. The highest BCUT2D eigenvalue weighted by Gasteiger charge is 2.16. The predicted octanol–water partition coefficient (Wildman–Crippen LogP) is 2.43. The van der Waals surface area contributed by atoms with Gasteiger partial charge in [-0.2, -0.15) is 5.26 Å². The Kier molecular flexibility index (Phi) is 3.59. The second-order valence-electron chi connectivity index (χ2n) is 4.24. The van der Waals surface area contributed by atoms with Crippen molar-refractivity contribution in [3.8, 4) is 6.07 Å². The first-order valence-electron chi connectivity index (χ1n) is 5.82. The van der Waals surface area contributed by atoms with Gasteiger partial charge >= 0.3 is 0 Å². The molecule has 1 aromatic carbocycles. The molecule has 0 saturated heterocycles. The highest BCUT2D eigenvalue weighted by Crippen LogP contribution is 2.18. The van der Waals surface area contributed by atoms with Gasteiger partial charge in [0.15, 0.2) is 5.78 Å². The van der Waals surface area contributed by atoms with Gasteiger partial charge in [-0.15, -0.1) is 0 Å².